The highest BCUT2D eigenvalue weighted by Crippen LogP contribution is 2.49. The Bertz CT molecular complexity index is 550. The zero-order valence-electron chi connectivity index (χ0n) is 14.0. The fourth-order valence-corrected chi connectivity index (χ4v) is 3.75. The van der Waals surface area contributed by atoms with Gasteiger partial charge in [-0.2, -0.15) is 0 Å². The lowest BCUT2D eigenvalue weighted by atomic mass is 10.1. The SMILES string of the molecule is O=C(NCCNC1CCCCCC1)C1CC1c1c(F)cccc1F. The van der Waals surface area contributed by atoms with Gasteiger partial charge in [-0.15, -0.1) is 0 Å². The maximum Gasteiger partial charge on any atom is 0.223 e. The second-order valence-electron chi connectivity index (χ2n) is 7.02. The maximum absolute atomic E-state index is 13.7. The van der Waals surface area contributed by atoms with Crippen LogP contribution in [0.1, 0.15) is 56.4 Å². The first-order chi connectivity index (χ1) is 11.7. The molecule has 0 heterocycles. The number of hydrogen-bond acceptors (Lipinski definition) is 2. The Labute approximate surface area is 142 Å². The molecular weight excluding hydrogens is 310 g/mol. The molecule has 0 aromatic heterocycles. The van der Waals surface area contributed by atoms with Crippen molar-refractivity contribution in [2.24, 2.45) is 5.92 Å². The van der Waals surface area contributed by atoms with Crippen LogP contribution in [0.3, 0.4) is 0 Å². The van der Waals surface area contributed by atoms with Gasteiger partial charge in [0.2, 0.25) is 5.91 Å². The Morgan fingerprint density at radius 1 is 1.04 bits per heavy atom. The minimum atomic E-state index is -0.551. The standard InChI is InChI=1S/C19H26F2N2O/c20-16-8-5-9-17(21)18(16)14-12-15(14)19(24)23-11-10-22-13-6-3-1-2-4-7-13/h5,8-9,13-15,22H,1-4,6-7,10-12H2,(H,23,24). The molecule has 132 valence electrons. The molecule has 1 amide bonds. The number of carbonyl (C=O) groups excluding carboxylic acids is 1. The molecule has 0 aliphatic heterocycles. The molecule has 2 N–H and O–H groups in total. The fourth-order valence-electron chi connectivity index (χ4n) is 3.75. The molecule has 2 atom stereocenters. The molecular formula is C19H26F2N2O. The number of halogens is 2. The molecule has 0 spiro atoms. The van der Waals surface area contributed by atoms with Crippen LogP contribution < -0.4 is 10.6 Å². The number of amides is 1. The molecule has 2 fully saturated rings. The Kier molecular flexibility index (Phi) is 5.82. The number of nitrogens with one attached hydrogen (secondary N) is 2. The van der Waals surface area contributed by atoms with E-state index in [0.717, 1.165) is 6.54 Å². The summed E-state index contributed by atoms with van der Waals surface area (Å²) >= 11 is 0. The van der Waals surface area contributed by atoms with Gasteiger partial charge in [0.25, 0.3) is 0 Å². The fraction of sp³-hybridized carbons (Fsp3) is 0.632. The van der Waals surface area contributed by atoms with Crippen molar-refractivity contribution < 1.29 is 13.6 Å². The van der Waals surface area contributed by atoms with Crippen molar-refractivity contribution in [1.82, 2.24) is 10.6 Å². The summed E-state index contributed by atoms with van der Waals surface area (Å²) in [5.41, 5.74) is 0.0641. The summed E-state index contributed by atoms with van der Waals surface area (Å²) < 4.78 is 27.5. The third-order valence-corrected chi connectivity index (χ3v) is 5.21. The summed E-state index contributed by atoms with van der Waals surface area (Å²) in [4.78, 5) is 12.1. The molecule has 3 rings (SSSR count). The summed E-state index contributed by atoms with van der Waals surface area (Å²) in [6.07, 6.45) is 8.16. The van der Waals surface area contributed by atoms with Gasteiger partial charge in [-0.1, -0.05) is 31.7 Å². The second-order valence-corrected chi connectivity index (χ2v) is 7.02. The predicted octanol–water partition coefficient (Wildman–Crippen LogP) is 3.50. The van der Waals surface area contributed by atoms with Crippen LogP contribution in [0.15, 0.2) is 18.2 Å². The van der Waals surface area contributed by atoms with Crippen LogP contribution >= 0.6 is 0 Å². The summed E-state index contributed by atoms with van der Waals surface area (Å²) in [6, 6.07) is 4.42. The molecule has 2 unspecified atom stereocenters. The van der Waals surface area contributed by atoms with Crippen molar-refractivity contribution in [3.63, 3.8) is 0 Å². The molecule has 24 heavy (non-hydrogen) atoms. The Balaban J connectivity index is 1.39. The van der Waals surface area contributed by atoms with Gasteiger partial charge < -0.3 is 10.6 Å². The maximum atomic E-state index is 13.7. The summed E-state index contributed by atoms with van der Waals surface area (Å²) in [5, 5.41) is 6.39. The average molecular weight is 336 g/mol. The molecule has 2 aliphatic carbocycles. The molecule has 0 bridgehead atoms. The van der Waals surface area contributed by atoms with Gasteiger partial charge in [-0.3, -0.25) is 4.79 Å². The molecule has 0 radical (unpaired) electrons. The minimum Gasteiger partial charge on any atom is -0.355 e. The van der Waals surface area contributed by atoms with Crippen molar-refractivity contribution in [3.8, 4) is 0 Å². The minimum absolute atomic E-state index is 0.0641. The van der Waals surface area contributed by atoms with Crippen molar-refractivity contribution in [1.29, 1.82) is 0 Å². The first kappa shape index (κ1) is 17.3. The Hall–Kier alpha value is -1.49. The molecule has 1 aromatic rings. The number of hydrogen-bond donors (Lipinski definition) is 2. The van der Waals surface area contributed by atoms with Gasteiger partial charge in [0, 0.05) is 36.5 Å². The molecule has 1 aromatic carbocycles. The Morgan fingerprint density at radius 3 is 2.38 bits per heavy atom. The van der Waals surface area contributed by atoms with Crippen LogP contribution in [0.4, 0.5) is 8.78 Å². The van der Waals surface area contributed by atoms with Gasteiger partial charge in [-0.05, 0) is 31.4 Å². The van der Waals surface area contributed by atoms with E-state index in [1.807, 2.05) is 0 Å². The highest BCUT2D eigenvalue weighted by molar-refractivity contribution is 5.82. The lowest BCUT2D eigenvalue weighted by Crippen LogP contribution is -2.37. The van der Waals surface area contributed by atoms with Gasteiger partial charge >= 0.3 is 0 Å². The molecule has 2 saturated carbocycles. The molecule has 3 nitrogen and oxygen atoms in total. The van der Waals surface area contributed by atoms with Crippen molar-refractivity contribution >= 4 is 5.91 Å². The first-order valence-corrected chi connectivity index (χ1v) is 9.12. The van der Waals surface area contributed by atoms with E-state index in [1.165, 1.54) is 56.7 Å². The zero-order valence-corrected chi connectivity index (χ0v) is 14.0. The van der Waals surface area contributed by atoms with Gasteiger partial charge in [0.1, 0.15) is 11.6 Å². The van der Waals surface area contributed by atoms with E-state index in [4.69, 9.17) is 0 Å². The van der Waals surface area contributed by atoms with E-state index in [9.17, 15) is 13.6 Å². The van der Waals surface area contributed by atoms with Crippen LogP contribution in [-0.4, -0.2) is 25.0 Å². The number of carbonyl (C=O) groups is 1. The highest BCUT2D eigenvalue weighted by atomic mass is 19.1. The van der Waals surface area contributed by atoms with E-state index in [0.29, 0.717) is 19.0 Å². The second kappa shape index (κ2) is 8.06. The normalized spacial score (nSPS) is 24.4. The molecule has 0 saturated heterocycles. The van der Waals surface area contributed by atoms with Crippen LogP contribution in [0.2, 0.25) is 0 Å². The van der Waals surface area contributed by atoms with E-state index in [1.54, 1.807) is 0 Å². The third kappa shape index (κ3) is 4.32. The van der Waals surface area contributed by atoms with Gasteiger partial charge in [-0.25, -0.2) is 8.78 Å². The van der Waals surface area contributed by atoms with Crippen LogP contribution in [-0.2, 0) is 4.79 Å². The quantitative estimate of drug-likeness (QED) is 0.617. The molecule has 2 aliphatic rings. The summed E-state index contributed by atoms with van der Waals surface area (Å²) in [5.74, 6) is -1.81. The number of benzene rings is 1. The lowest BCUT2D eigenvalue weighted by molar-refractivity contribution is -0.122. The van der Waals surface area contributed by atoms with Crippen molar-refractivity contribution in [2.75, 3.05) is 13.1 Å². The smallest absolute Gasteiger partial charge is 0.223 e. The largest absolute Gasteiger partial charge is 0.355 e. The van der Waals surface area contributed by atoms with E-state index in [2.05, 4.69) is 10.6 Å². The van der Waals surface area contributed by atoms with Crippen LogP contribution in [0.5, 0.6) is 0 Å². The third-order valence-electron chi connectivity index (χ3n) is 5.21. The summed E-state index contributed by atoms with van der Waals surface area (Å²) in [6.45, 7) is 1.32. The highest BCUT2D eigenvalue weighted by Gasteiger charge is 2.46. The van der Waals surface area contributed by atoms with E-state index < -0.39 is 11.6 Å². The lowest BCUT2D eigenvalue weighted by Gasteiger charge is -2.16. The van der Waals surface area contributed by atoms with Crippen molar-refractivity contribution in [2.45, 2.75) is 56.9 Å². The monoisotopic (exact) mass is 336 g/mol. The van der Waals surface area contributed by atoms with Crippen LogP contribution in [0.25, 0.3) is 0 Å². The number of rotatable bonds is 6. The van der Waals surface area contributed by atoms with E-state index >= 15 is 0 Å². The van der Waals surface area contributed by atoms with Gasteiger partial charge in [0.15, 0.2) is 0 Å². The predicted molar refractivity (Wildman–Crippen MR) is 89.7 cm³/mol. The van der Waals surface area contributed by atoms with E-state index in [-0.39, 0.29) is 23.3 Å². The first-order valence-electron chi connectivity index (χ1n) is 9.12. The van der Waals surface area contributed by atoms with Crippen molar-refractivity contribution in [3.05, 3.63) is 35.4 Å². The average Bonchev–Trinajstić information content (AvgIpc) is 3.35. The topological polar surface area (TPSA) is 41.1 Å². The molecule has 5 heteroatoms. The van der Waals surface area contributed by atoms with Crippen LogP contribution in [0, 0.1) is 17.6 Å². The summed E-state index contributed by atoms with van der Waals surface area (Å²) in [7, 11) is 0. The zero-order chi connectivity index (χ0) is 16.9. The Morgan fingerprint density at radius 2 is 1.71 bits per heavy atom. The van der Waals surface area contributed by atoms with Gasteiger partial charge in [0.05, 0.1) is 0 Å².